The lowest BCUT2D eigenvalue weighted by Crippen LogP contribution is -2.48. The number of hydrogen-bond donors (Lipinski definition) is 1. The molecule has 1 unspecified atom stereocenters. The van der Waals surface area contributed by atoms with Gasteiger partial charge in [0.1, 0.15) is 5.82 Å². The minimum Gasteiger partial charge on any atom is -0.462 e. The van der Waals surface area contributed by atoms with Crippen LogP contribution in [-0.4, -0.2) is 49.9 Å². The van der Waals surface area contributed by atoms with Crippen molar-refractivity contribution in [1.29, 1.82) is 0 Å². The van der Waals surface area contributed by atoms with E-state index in [1.54, 1.807) is 31.5 Å². The maximum absolute atomic E-state index is 14.0. The lowest BCUT2D eigenvalue weighted by atomic mass is 10.1. The number of benzene rings is 1. The second kappa shape index (κ2) is 9.42. The van der Waals surface area contributed by atoms with Crippen LogP contribution in [0.4, 0.5) is 4.39 Å². The Hall–Kier alpha value is -2.07. The standard InChI is InChI=1S/C18H20FN3O4S.ClH/c1-2-26-18(23)14-8-15(19)10-16(9-14)27(24,25)22-7-6-21-12-17(22)13-4-3-5-20-11-13;/h3-5,8-11,17,21H,2,6-7,12H2,1H3;1H. The maximum atomic E-state index is 14.0. The molecule has 1 aromatic carbocycles. The van der Waals surface area contributed by atoms with Crippen LogP contribution < -0.4 is 5.32 Å². The first kappa shape index (κ1) is 22.2. The summed E-state index contributed by atoms with van der Waals surface area (Å²) >= 11 is 0. The Balaban J connectivity index is 0.00000280. The van der Waals surface area contributed by atoms with Gasteiger partial charge in [-0.05, 0) is 36.8 Å². The van der Waals surface area contributed by atoms with E-state index in [9.17, 15) is 17.6 Å². The number of hydrogen-bond acceptors (Lipinski definition) is 6. The molecule has 1 atom stereocenters. The number of halogens is 2. The minimum absolute atomic E-state index is 0. The summed E-state index contributed by atoms with van der Waals surface area (Å²) in [5, 5.41) is 3.16. The van der Waals surface area contributed by atoms with Crippen molar-refractivity contribution in [2.24, 2.45) is 0 Å². The number of aromatic nitrogens is 1. The third-order valence-corrected chi connectivity index (χ3v) is 6.14. The van der Waals surface area contributed by atoms with E-state index in [-0.39, 0.29) is 36.0 Å². The zero-order chi connectivity index (χ0) is 19.4. The number of nitrogens with zero attached hydrogens (tertiary/aromatic N) is 2. The monoisotopic (exact) mass is 429 g/mol. The molecule has 0 radical (unpaired) electrons. The highest BCUT2D eigenvalue weighted by atomic mass is 35.5. The predicted molar refractivity (Wildman–Crippen MR) is 103 cm³/mol. The Kier molecular flexibility index (Phi) is 7.48. The molecule has 0 bridgehead atoms. The molecule has 10 heteroatoms. The largest absolute Gasteiger partial charge is 0.462 e. The normalized spacial score (nSPS) is 17.6. The van der Waals surface area contributed by atoms with Gasteiger partial charge in [-0.1, -0.05) is 6.07 Å². The maximum Gasteiger partial charge on any atom is 0.338 e. The van der Waals surface area contributed by atoms with E-state index in [4.69, 9.17) is 4.74 Å². The summed E-state index contributed by atoms with van der Waals surface area (Å²) in [5.41, 5.74) is 0.596. The Morgan fingerprint density at radius 2 is 2.18 bits per heavy atom. The van der Waals surface area contributed by atoms with Gasteiger partial charge < -0.3 is 10.1 Å². The number of carbonyl (C=O) groups is 1. The first-order valence-corrected chi connectivity index (χ1v) is 9.97. The van der Waals surface area contributed by atoms with Crippen LogP contribution in [0.15, 0.2) is 47.6 Å². The summed E-state index contributed by atoms with van der Waals surface area (Å²) in [4.78, 5) is 15.7. The zero-order valence-electron chi connectivity index (χ0n) is 15.2. The number of esters is 1. The van der Waals surface area contributed by atoms with Gasteiger partial charge >= 0.3 is 5.97 Å². The molecule has 1 fully saturated rings. The van der Waals surface area contributed by atoms with Gasteiger partial charge in [0.2, 0.25) is 10.0 Å². The molecular formula is C18H21ClFN3O4S. The van der Waals surface area contributed by atoms with Crippen LogP contribution >= 0.6 is 12.4 Å². The molecule has 0 saturated carbocycles. The van der Waals surface area contributed by atoms with Crippen molar-refractivity contribution in [3.63, 3.8) is 0 Å². The highest BCUT2D eigenvalue weighted by Gasteiger charge is 2.35. The van der Waals surface area contributed by atoms with E-state index in [0.29, 0.717) is 13.1 Å². The average Bonchev–Trinajstić information content (AvgIpc) is 2.68. The number of piperazine rings is 1. The molecule has 0 spiro atoms. The summed E-state index contributed by atoms with van der Waals surface area (Å²) in [6.07, 6.45) is 3.21. The van der Waals surface area contributed by atoms with Crippen LogP contribution in [0.1, 0.15) is 28.9 Å². The molecule has 1 aliphatic rings. The van der Waals surface area contributed by atoms with Gasteiger partial charge in [-0.3, -0.25) is 4.98 Å². The van der Waals surface area contributed by atoms with E-state index in [0.717, 1.165) is 23.8 Å². The van der Waals surface area contributed by atoms with Crippen LogP contribution in [0.5, 0.6) is 0 Å². The van der Waals surface area contributed by atoms with Crippen LogP contribution in [0.3, 0.4) is 0 Å². The number of carbonyl (C=O) groups excluding carboxylic acids is 1. The summed E-state index contributed by atoms with van der Waals surface area (Å²) in [5.74, 6) is -1.58. The van der Waals surface area contributed by atoms with Crippen molar-refractivity contribution in [3.05, 3.63) is 59.7 Å². The Morgan fingerprint density at radius 3 is 2.86 bits per heavy atom. The number of rotatable bonds is 5. The molecule has 28 heavy (non-hydrogen) atoms. The number of ether oxygens (including phenoxy) is 1. The highest BCUT2D eigenvalue weighted by molar-refractivity contribution is 7.89. The molecule has 0 amide bonds. The molecule has 0 aliphatic carbocycles. The third kappa shape index (κ3) is 4.67. The summed E-state index contributed by atoms with van der Waals surface area (Å²) in [7, 11) is -4.04. The van der Waals surface area contributed by atoms with Crippen molar-refractivity contribution in [1.82, 2.24) is 14.6 Å². The molecule has 2 aromatic rings. The zero-order valence-corrected chi connectivity index (χ0v) is 16.8. The fraction of sp³-hybridized carbons (Fsp3) is 0.333. The van der Waals surface area contributed by atoms with Crippen molar-refractivity contribution in [3.8, 4) is 0 Å². The molecule has 1 saturated heterocycles. The topological polar surface area (TPSA) is 88.6 Å². The van der Waals surface area contributed by atoms with Gasteiger partial charge in [-0.25, -0.2) is 17.6 Å². The van der Waals surface area contributed by atoms with Gasteiger partial charge in [0, 0.05) is 32.0 Å². The molecule has 1 aromatic heterocycles. The molecular weight excluding hydrogens is 409 g/mol. The minimum atomic E-state index is -4.04. The second-order valence-corrected chi connectivity index (χ2v) is 7.91. The summed E-state index contributed by atoms with van der Waals surface area (Å²) in [6.45, 7) is 2.82. The third-order valence-electron chi connectivity index (χ3n) is 4.25. The number of sulfonamides is 1. The first-order chi connectivity index (χ1) is 12.9. The molecule has 1 aliphatic heterocycles. The van der Waals surface area contributed by atoms with Crippen molar-refractivity contribution >= 4 is 28.4 Å². The number of nitrogens with one attached hydrogen (secondary N) is 1. The highest BCUT2D eigenvalue weighted by Crippen LogP contribution is 2.29. The SMILES string of the molecule is CCOC(=O)c1cc(F)cc(S(=O)(=O)N2CCNCC2c2cccnc2)c1.Cl. The Bertz CT molecular complexity index is 928. The average molecular weight is 430 g/mol. The molecule has 7 nitrogen and oxygen atoms in total. The Labute approximate surface area is 169 Å². The fourth-order valence-corrected chi connectivity index (χ4v) is 4.68. The van der Waals surface area contributed by atoms with Gasteiger partial charge in [-0.15, -0.1) is 12.4 Å². The van der Waals surface area contributed by atoms with Crippen molar-refractivity contribution in [2.45, 2.75) is 17.9 Å². The lowest BCUT2D eigenvalue weighted by Gasteiger charge is -2.35. The molecule has 3 rings (SSSR count). The van der Waals surface area contributed by atoms with Gasteiger partial charge in [0.15, 0.2) is 0 Å². The van der Waals surface area contributed by atoms with E-state index in [2.05, 4.69) is 10.3 Å². The van der Waals surface area contributed by atoms with E-state index in [1.165, 1.54) is 4.31 Å². The molecule has 152 valence electrons. The number of pyridine rings is 1. The van der Waals surface area contributed by atoms with Crippen LogP contribution in [-0.2, 0) is 14.8 Å². The van der Waals surface area contributed by atoms with Crippen LogP contribution in [0.25, 0.3) is 0 Å². The molecule has 1 N–H and O–H groups in total. The van der Waals surface area contributed by atoms with Crippen LogP contribution in [0, 0.1) is 5.82 Å². The van der Waals surface area contributed by atoms with Crippen molar-refractivity contribution in [2.75, 3.05) is 26.2 Å². The summed E-state index contributed by atoms with van der Waals surface area (Å²) in [6, 6.07) is 6.08. The van der Waals surface area contributed by atoms with Gasteiger partial charge in [0.25, 0.3) is 0 Å². The van der Waals surface area contributed by atoms with E-state index < -0.39 is 27.9 Å². The van der Waals surface area contributed by atoms with E-state index in [1.807, 2.05) is 0 Å². The van der Waals surface area contributed by atoms with Gasteiger partial charge in [-0.2, -0.15) is 4.31 Å². The predicted octanol–water partition coefficient (Wildman–Crippen LogP) is 2.15. The molecule has 2 heterocycles. The van der Waals surface area contributed by atoms with Crippen LogP contribution in [0.2, 0.25) is 0 Å². The van der Waals surface area contributed by atoms with Crippen molar-refractivity contribution < 1.29 is 22.3 Å². The second-order valence-electron chi connectivity index (χ2n) is 6.02. The van der Waals surface area contributed by atoms with E-state index >= 15 is 0 Å². The quantitative estimate of drug-likeness (QED) is 0.733. The Morgan fingerprint density at radius 1 is 1.39 bits per heavy atom. The smallest absolute Gasteiger partial charge is 0.338 e. The lowest BCUT2D eigenvalue weighted by molar-refractivity contribution is 0.0525. The summed E-state index contributed by atoms with van der Waals surface area (Å²) < 4.78 is 46.6. The fourth-order valence-electron chi connectivity index (χ4n) is 3.01. The van der Waals surface area contributed by atoms with Gasteiger partial charge in [0.05, 0.1) is 23.1 Å². The first-order valence-electron chi connectivity index (χ1n) is 8.53.